The van der Waals surface area contributed by atoms with Crippen molar-refractivity contribution in [3.05, 3.63) is 71.5 Å². The number of benzene rings is 2. The summed E-state index contributed by atoms with van der Waals surface area (Å²) < 4.78 is 94.2. The quantitative estimate of drug-likeness (QED) is 0.758. The van der Waals surface area contributed by atoms with Crippen molar-refractivity contribution in [2.24, 2.45) is 9.98 Å². The second-order valence-electron chi connectivity index (χ2n) is 5.59. The van der Waals surface area contributed by atoms with Crippen LogP contribution in [0.3, 0.4) is 0 Å². The van der Waals surface area contributed by atoms with Gasteiger partial charge in [0.2, 0.25) is 0 Å². The van der Waals surface area contributed by atoms with Gasteiger partial charge >= 0.3 is 18.0 Å². The SMILES string of the molecule is Fc1ccc(C2=NC(C(F)(F)F)(C(F)(F)F)N=C(c3ccccc3)N2)cc1. The monoisotopic (exact) mass is 389 g/mol. The highest BCUT2D eigenvalue weighted by Crippen LogP contribution is 2.48. The molecule has 3 rings (SSSR count). The molecule has 1 aliphatic heterocycles. The number of nitrogens with zero attached hydrogens (tertiary/aromatic N) is 2. The summed E-state index contributed by atoms with van der Waals surface area (Å²) in [6.45, 7) is 0. The van der Waals surface area contributed by atoms with Crippen LogP contribution in [0.15, 0.2) is 64.6 Å². The Bertz CT molecular complexity index is 867. The zero-order chi connectivity index (χ0) is 19.9. The molecule has 2 aromatic carbocycles. The zero-order valence-electron chi connectivity index (χ0n) is 13.2. The van der Waals surface area contributed by atoms with Crippen LogP contribution in [0.1, 0.15) is 11.1 Å². The van der Waals surface area contributed by atoms with Gasteiger partial charge in [0.1, 0.15) is 17.5 Å². The highest BCUT2D eigenvalue weighted by atomic mass is 19.4. The summed E-state index contributed by atoms with van der Waals surface area (Å²) in [6, 6.07) is 10.9. The highest BCUT2D eigenvalue weighted by molar-refractivity contribution is 6.16. The number of aliphatic imine (C=N–C) groups is 2. The lowest BCUT2D eigenvalue weighted by Gasteiger charge is -2.34. The molecule has 0 atom stereocenters. The Hall–Kier alpha value is -2.91. The lowest BCUT2D eigenvalue weighted by atomic mass is 10.1. The van der Waals surface area contributed by atoms with Gasteiger partial charge in [0.05, 0.1) is 0 Å². The average molecular weight is 389 g/mol. The smallest absolute Gasteiger partial charge is 0.324 e. The van der Waals surface area contributed by atoms with E-state index in [1.54, 1.807) is 6.07 Å². The molecule has 2 aromatic rings. The van der Waals surface area contributed by atoms with E-state index in [-0.39, 0.29) is 11.1 Å². The molecular formula is C17H10F7N3. The van der Waals surface area contributed by atoms with E-state index in [1.807, 2.05) is 0 Å². The minimum Gasteiger partial charge on any atom is -0.324 e. The molecule has 3 nitrogen and oxygen atoms in total. The lowest BCUT2D eigenvalue weighted by Crippen LogP contribution is -2.59. The van der Waals surface area contributed by atoms with Crippen LogP contribution in [0.25, 0.3) is 0 Å². The van der Waals surface area contributed by atoms with E-state index >= 15 is 0 Å². The van der Waals surface area contributed by atoms with E-state index in [4.69, 9.17) is 0 Å². The van der Waals surface area contributed by atoms with Gasteiger partial charge in [0.15, 0.2) is 0 Å². The largest absolute Gasteiger partial charge is 0.443 e. The van der Waals surface area contributed by atoms with Crippen LogP contribution in [-0.4, -0.2) is 29.7 Å². The number of halogens is 7. The van der Waals surface area contributed by atoms with Crippen molar-refractivity contribution < 1.29 is 30.7 Å². The first kappa shape index (κ1) is 18.9. The normalized spacial score (nSPS) is 17.0. The highest BCUT2D eigenvalue weighted by Gasteiger charge is 2.73. The van der Waals surface area contributed by atoms with Crippen molar-refractivity contribution in [1.29, 1.82) is 0 Å². The molecule has 0 saturated heterocycles. The Labute approximate surface area is 148 Å². The fourth-order valence-electron chi connectivity index (χ4n) is 2.41. The summed E-state index contributed by atoms with van der Waals surface area (Å²) in [7, 11) is 0. The molecular weight excluding hydrogens is 379 g/mol. The van der Waals surface area contributed by atoms with E-state index in [0.29, 0.717) is 0 Å². The third-order valence-corrected chi connectivity index (χ3v) is 3.74. The first-order valence-electron chi connectivity index (χ1n) is 7.45. The zero-order valence-corrected chi connectivity index (χ0v) is 13.2. The van der Waals surface area contributed by atoms with Gasteiger partial charge in [-0.2, -0.15) is 26.3 Å². The summed E-state index contributed by atoms with van der Waals surface area (Å²) in [5.74, 6) is -2.08. The molecule has 0 aliphatic carbocycles. The summed E-state index contributed by atoms with van der Waals surface area (Å²) in [5.41, 5.74) is -4.83. The Morgan fingerprint density at radius 2 is 1.11 bits per heavy atom. The van der Waals surface area contributed by atoms with Crippen molar-refractivity contribution in [1.82, 2.24) is 5.32 Å². The molecule has 0 unspecified atom stereocenters. The number of rotatable bonds is 2. The molecule has 0 saturated carbocycles. The average Bonchev–Trinajstić information content (AvgIpc) is 2.61. The van der Waals surface area contributed by atoms with Gasteiger partial charge in [-0.1, -0.05) is 30.3 Å². The second-order valence-corrected chi connectivity index (χ2v) is 5.59. The van der Waals surface area contributed by atoms with Gasteiger partial charge in [0, 0.05) is 11.1 Å². The maximum atomic E-state index is 13.5. The molecule has 0 amide bonds. The van der Waals surface area contributed by atoms with Crippen LogP contribution in [0.5, 0.6) is 0 Å². The standard InChI is InChI=1S/C17H10F7N3/c18-12-8-6-11(7-9-12)14-25-13(10-4-2-1-3-5-10)26-15(27-14,16(19,20)21)17(22,23)24/h1-9H,(H,25,26,27). The Morgan fingerprint density at radius 3 is 1.56 bits per heavy atom. The molecule has 0 fully saturated rings. The van der Waals surface area contributed by atoms with Crippen molar-refractivity contribution in [2.75, 3.05) is 0 Å². The Balaban J connectivity index is 2.24. The topological polar surface area (TPSA) is 36.8 Å². The predicted molar refractivity (Wildman–Crippen MR) is 83.9 cm³/mol. The van der Waals surface area contributed by atoms with Crippen LogP contribution in [0.2, 0.25) is 0 Å². The van der Waals surface area contributed by atoms with Gasteiger partial charge in [-0.3, -0.25) is 0 Å². The number of alkyl halides is 6. The van der Waals surface area contributed by atoms with E-state index in [2.05, 4.69) is 15.3 Å². The van der Waals surface area contributed by atoms with E-state index in [1.165, 1.54) is 24.3 Å². The summed E-state index contributed by atoms with van der Waals surface area (Å²) >= 11 is 0. The van der Waals surface area contributed by atoms with Crippen molar-refractivity contribution in [3.63, 3.8) is 0 Å². The number of hydrogen-bond donors (Lipinski definition) is 1. The molecule has 142 valence electrons. The number of amidine groups is 2. The van der Waals surface area contributed by atoms with Crippen LogP contribution in [-0.2, 0) is 0 Å². The molecule has 0 bridgehead atoms. The van der Waals surface area contributed by atoms with Gasteiger partial charge in [-0.15, -0.1) is 0 Å². The van der Waals surface area contributed by atoms with Crippen molar-refractivity contribution in [2.45, 2.75) is 18.0 Å². The van der Waals surface area contributed by atoms with Crippen LogP contribution >= 0.6 is 0 Å². The Morgan fingerprint density at radius 1 is 0.667 bits per heavy atom. The molecule has 1 heterocycles. The third-order valence-electron chi connectivity index (χ3n) is 3.74. The van der Waals surface area contributed by atoms with Crippen molar-refractivity contribution in [3.8, 4) is 0 Å². The lowest BCUT2D eigenvalue weighted by molar-refractivity contribution is -0.292. The van der Waals surface area contributed by atoms with E-state index < -0.39 is 35.5 Å². The minimum absolute atomic E-state index is 0.00452. The predicted octanol–water partition coefficient (Wildman–Crippen LogP) is 4.44. The maximum Gasteiger partial charge on any atom is 0.443 e. The van der Waals surface area contributed by atoms with Gasteiger partial charge in [-0.25, -0.2) is 14.4 Å². The molecule has 1 N–H and O–H groups in total. The number of nitrogens with one attached hydrogen (secondary N) is 1. The summed E-state index contributed by atoms with van der Waals surface area (Å²) in [4.78, 5) is 5.79. The van der Waals surface area contributed by atoms with Gasteiger partial charge in [-0.05, 0) is 24.3 Å². The molecule has 0 spiro atoms. The van der Waals surface area contributed by atoms with Crippen LogP contribution in [0.4, 0.5) is 30.7 Å². The number of hydrogen-bond acceptors (Lipinski definition) is 3. The summed E-state index contributed by atoms with van der Waals surface area (Å²) in [6.07, 6.45) is -11.7. The fraction of sp³-hybridized carbons (Fsp3) is 0.176. The summed E-state index contributed by atoms with van der Waals surface area (Å²) in [5, 5.41) is 2.38. The Kier molecular flexibility index (Phi) is 4.44. The van der Waals surface area contributed by atoms with Gasteiger partial charge in [0.25, 0.3) is 0 Å². The molecule has 0 radical (unpaired) electrons. The second kappa shape index (κ2) is 6.36. The van der Waals surface area contributed by atoms with Crippen LogP contribution < -0.4 is 5.32 Å². The first-order valence-corrected chi connectivity index (χ1v) is 7.45. The van der Waals surface area contributed by atoms with Gasteiger partial charge < -0.3 is 5.32 Å². The van der Waals surface area contributed by atoms with Crippen molar-refractivity contribution >= 4 is 11.7 Å². The molecule has 10 heteroatoms. The molecule has 27 heavy (non-hydrogen) atoms. The minimum atomic E-state index is -5.85. The maximum absolute atomic E-state index is 13.5. The molecule has 1 aliphatic rings. The molecule has 0 aromatic heterocycles. The van der Waals surface area contributed by atoms with E-state index in [9.17, 15) is 30.7 Å². The first-order chi connectivity index (χ1) is 12.5. The van der Waals surface area contributed by atoms with Crippen LogP contribution in [0, 0.1) is 5.82 Å². The third kappa shape index (κ3) is 3.38. The fourth-order valence-corrected chi connectivity index (χ4v) is 2.41. The van der Waals surface area contributed by atoms with E-state index in [0.717, 1.165) is 24.3 Å².